The molecule has 0 unspecified atom stereocenters. The van der Waals surface area contributed by atoms with Gasteiger partial charge in [0.15, 0.2) is 0 Å². The first-order valence-corrected chi connectivity index (χ1v) is 5.92. The van der Waals surface area contributed by atoms with Gasteiger partial charge in [-0.25, -0.2) is 0 Å². The summed E-state index contributed by atoms with van der Waals surface area (Å²) in [6.45, 7) is 0. The van der Waals surface area contributed by atoms with Crippen LogP contribution in [0.3, 0.4) is 0 Å². The summed E-state index contributed by atoms with van der Waals surface area (Å²) in [5.74, 6) is 0. The van der Waals surface area contributed by atoms with Crippen molar-refractivity contribution < 1.29 is 0 Å². The van der Waals surface area contributed by atoms with Gasteiger partial charge in [-0.1, -0.05) is 52.5 Å². The lowest BCUT2D eigenvalue weighted by atomic mass is 10.1. The van der Waals surface area contributed by atoms with Gasteiger partial charge >= 0.3 is 0 Å². The molecule has 0 fully saturated rings. The maximum Gasteiger partial charge on any atom is 0.0506 e. The minimum absolute atomic E-state index is 0.429. The minimum Gasteiger partial charge on any atom is -0.0843 e. The van der Waals surface area contributed by atoms with Gasteiger partial charge in [0, 0.05) is 26.7 Å². The van der Waals surface area contributed by atoms with E-state index in [0.717, 1.165) is 0 Å². The van der Waals surface area contributed by atoms with Crippen LogP contribution < -0.4 is 0 Å². The molecule has 0 amide bonds. The molecule has 2 aromatic rings. The molecule has 16 heavy (non-hydrogen) atoms. The van der Waals surface area contributed by atoms with Gasteiger partial charge in [0.05, 0.1) is 5.02 Å². The highest BCUT2D eigenvalue weighted by molar-refractivity contribution is 6.40. The molecule has 0 saturated heterocycles. The van der Waals surface area contributed by atoms with Crippen LogP contribution >= 0.6 is 46.4 Å². The smallest absolute Gasteiger partial charge is 0.0506 e. The third kappa shape index (κ3) is 2.46. The van der Waals surface area contributed by atoms with Crippen molar-refractivity contribution in [2.45, 2.75) is 0 Å². The lowest BCUT2D eigenvalue weighted by Crippen LogP contribution is -1.82. The van der Waals surface area contributed by atoms with Crippen LogP contribution in [0.2, 0.25) is 20.1 Å². The van der Waals surface area contributed by atoms with Gasteiger partial charge < -0.3 is 0 Å². The molecule has 0 heterocycles. The summed E-state index contributed by atoms with van der Waals surface area (Å²) in [5, 5.41) is 2.04. The quantitative estimate of drug-likeness (QED) is 0.626. The lowest BCUT2D eigenvalue weighted by molar-refractivity contribution is 1.60. The first-order valence-electron chi connectivity index (χ1n) is 4.40. The highest BCUT2D eigenvalue weighted by Gasteiger charge is 2.09. The average Bonchev–Trinajstić information content (AvgIpc) is 2.15. The van der Waals surface area contributed by atoms with Gasteiger partial charge in [0.2, 0.25) is 0 Å². The summed E-state index contributed by atoms with van der Waals surface area (Å²) in [5.41, 5.74) is 1.38. The van der Waals surface area contributed by atoms with E-state index in [-0.39, 0.29) is 0 Å². The van der Waals surface area contributed by atoms with Crippen LogP contribution in [-0.2, 0) is 0 Å². The summed E-state index contributed by atoms with van der Waals surface area (Å²) in [7, 11) is 0. The molecular formula is C12H5Cl4. The van der Waals surface area contributed by atoms with Gasteiger partial charge in [-0.05, 0) is 29.8 Å². The average molecular weight is 291 g/mol. The third-order valence-corrected chi connectivity index (χ3v) is 3.08. The Balaban J connectivity index is 2.67. The molecule has 0 aliphatic rings. The first-order chi connectivity index (χ1) is 7.58. The maximum absolute atomic E-state index is 6.08. The molecule has 2 aromatic carbocycles. The summed E-state index contributed by atoms with van der Waals surface area (Å²) in [6.07, 6.45) is 0. The zero-order valence-corrected chi connectivity index (χ0v) is 10.9. The Morgan fingerprint density at radius 2 is 1.50 bits per heavy atom. The Kier molecular flexibility index (Phi) is 3.66. The van der Waals surface area contributed by atoms with E-state index in [1.54, 1.807) is 30.3 Å². The van der Waals surface area contributed by atoms with Crippen LogP contribution in [0.15, 0.2) is 30.3 Å². The molecule has 0 aliphatic carbocycles. The van der Waals surface area contributed by atoms with E-state index in [1.807, 2.05) is 0 Å². The van der Waals surface area contributed by atoms with E-state index in [1.165, 1.54) is 0 Å². The predicted molar refractivity (Wildman–Crippen MR) is 70.8 cm³/mol. The Morgan fingerprint density at radius 3 is 2.06 bits per heavy atom. The van der Waals surface area contributed by atoms with Crippen molar-refractivity contribution in [1.29, 1.82) is 0 Å². The molecule has 0 N–H and O–H groups in total. The van der Waals surface area contributed by atoms with Crippen molar-refractivity contribution >= 4 is 46.4 Å². The lowest BCUT2D eigenvalue weighted by Gasteiger charge is -2.07. The molecule has 81 valence electrons. The van der Waals surface area contributed by atoms with E-state index in [4.69, 9.17) is 46.4 Å². The normalized spacial score (nSPS) is 10.5. The third-order valence-electron chi connectivity index (χ3n) is 2.03. The second-order valence-corrected chi connectivity index (χ2v) is 4.81. The largest absolute Gasteiger partial charge is 0.0843 e. The number of halogens is 4. The van der Waals surface area contributed by atoms with Crippen molar-refractivity contribution in [3.63, 3.8) is 0 Å². The number of benzene rings is 2. The van der Waals surface area contributed by atoms with Crippen LogP contribution in [0.5, 0.6) is 0 Å². The Labute approximate surface area is 114 Å². The van der Waals surface area contributed by atoms with Crippen LogP contribution in [0.4, 0.5) is 0 Å². The van der Waals surface area contributed by atoms with Crippen molar-refractivity contribution in [3.05, 3.63) is 56.5 Å². The molecule has 0 bridgehead atoms. The second-order valence-electron chi connectivity index (χ2n) is 3.16. The van der Waals surface area contributed by atoms with E-state index in [0.29, 0.717) is 31.2 Å². The summed E-state index contributed by atoms with van der Waals surface area (Å²) in [4.78, 5) is 0. The number of hydrogen-bond acceptors (Lipinski definition) is 0. The molecule has 0 aliphatic heterocycles. The van der Waals surface area contributed by atoms with Crippen LogP contribution in [0, 0.1) is 6.07 Å². The fourth-order valence-corrected chi connectivity index (χ4v) is 2.49. The summed E-state index contributed by atoms with van der Waals surface area (Å²) >= 11 is 23.9. The minimum atomic E-state index is 0.429. The van der Waals surface area contributed by atoms with E-state index < -0.39 is 0 Å². The van der Waals surface area contributed by atoms with Gasteiger partial charge in [-0.2, -0.15) is 0 Å². The highest BCUT2D eigenvalue weighted by atomic mass is 35.5. The molecule has 0 saturated carbocycles. The number of rotatable bonds is 1. The van der Waals surface area contributed by atoms with Crippen molar-refractivity contribution in [2.75, 3.05) is 0 Å². The Morgan fingerprint density at radius 1 is 0.875 bits per heavy atom. The van der Waals surface area contributed by atoms with Gasteiger partial charge in [-0.3, -0.25) is 0 Å². The summed E-state index contributed by atoms with van der Waals surface area (Å²) in [6, 6.07) is 11.6. The Bertz CT molecular complexity index is 494. The fourth-order valence-electron chi connectivity index (χ4n) is 1.39. The van der Waals surface area contributed by atoms with Crippen molar-refractivity contribution in [1.82, 2.24) is 0 Å². The Hall–Kier alpha value is -0.400. The zero-order valence-electron chi connectivity index (χ0n) is 7.90. The van der Waals surface area contributed by atoms with E-state index in [9.17, 15) is 0 Å². The monoisotopic (exact) mass is 289 g/mol. The van der Waals surface area contributed by atoms with Crippen LogP contribution in [0.1, 0.15) is 0 Å². The maximum atomic E-state index is 6.08. The van der Waals surface area contributed by atoms with E-state index >= 15 is 0 Å². The molecule has 2 rings (SSSR count). The topological polar surface area (TPSA) is 0 Å². The molecule has 4 heteroatoms. The highest BCUT2D eigenvalue weighted by Crippen LogP contribution is 2.36. The fraction of sp³-hybridized carbons (Fsp3) is 0. The van der Waals surface area contributed by atoms with Gasteiger partial charge in [0.1, 0.15) is 0 Å². The first kappa shape index (κ1) is 12.1. The number of hydrogen-bond donors (Lipinski definition) is 0. The van der Waals surface area contributed by atoms with Crippen LogP contribution in [-0.4, -0.2) is 0 Å². The van der Waals surface area contributed by atoms with Crippen molar-refractivity contribution in [3.8, 4) is 11.1 Å². The standard InChI is InChI=1S/C12H5Cl4/c13-8-4-7(5-9(14)6-8)12-10(15)2-1-3-11(12)16/h1-4,6H. The predicted octanol–water partition coefficient (Wildman–Crippen LogP) is 5.77. The van der Waals surface area contributed by atoms with Gasteiger partial charge in [0.25, 0.3) is 0 Å². The zero-order chi connectivity index (χ0) is 11.7. The molecule has 0 aromatic heterocycles. The summed E-state index contributed by atoms with van der Waals surface area (Å²) < 4.78 is 0. The van der Waals surface area contributed by atoms with E-state index in [2.05, 4.69) is 6.07 Å². The molecule has 0 atom stereocenters. The van der Waals surface area contributed by atoms with Crippen molar-refractivity contribution in [2.24, 2.45) is 0 Å². The molecule has 0 nitrogen and oxygen atoms in total. The van der Waals surface area contributed by atoms with Gasteiger partial charge in [-0.15, -0.1) is 0 Å². The SMILES string of the molecule is Clc1[c]c(-c2c(Cl)cccc2Cl)cc(Cl)c1. The molecular weight excluding hydrogens is 286 g/mol. The second kappa shape index (κ2) is 4.85. The molecule has 1 radical (unpaired) electrons. The van der Waals surface area contributed by atoms with Crippen LogP contribution in [0.25, 0.3) is 11.1 Å². The molecule has 0 spiro atoms.